The molecule has 0 rings (SSSR count). The monoisotopic (exact) mass is 404 g/mol. The highest BCUT2D eigenvalue weighted by Gasteiger charge is 2.45. The average molecular weight is 405 g/mol. The Hall–Kier alpha value is 0.596. The molecule has 0 aliphatic heterocycles. The van der Waals surface area contributed by atoms with Crippen molar-refractivity contribution < 1.29 is 13.0 Å². The van der Waals surface area contributed by atoms with Crippen LogP contribution in [0.25, 0.3) is 0 Å². The predicted octanol–water partition coefficient (Wildman–Crippen LogP) is 7.04. The van der Waals surface area contributed by atoms with Crippen LogP contribution in [0.3, 0.4) is 0 Å². The molecule has 0 aromatic carbocycles. The minimum atomic E-state index is -1.76. The second-order valence-corrected chi connectivity index (χ2v) is 21.5. The summed E-state index contributed by atoms with van der Waals surface area (Å²) in [4.78, 5) is 0. The van der Waals surface area contributed by atoms with Crippen LogP contribution >= 0.6 is 0 Å². The Bertz CT molecular complexity index is 269. The second-order valence-electron chi connectivity index (χ2n) is 7.37. The van der Waals surface area contributed by atoms with Crippen LogP contribution in [-0.2, 0) is 13.0 Å². The third kappa shape index (κ3) is 6.92. The maximum atomic E-state index is 6.77. The fourth-order valence-corrected chi connectivity index (χ4v) is 11.5. The SMILES string of the molecule is CC[Si](CC)(CC)OB(O[Si](CC)(CC)CC)O[Si](CC)(CC)CC. The van der Waals surface area contributed by atoms with Crippen molar-refractivity contribution in [2.75, 3.05) is 0 Å². The molecule has 0 N–H and O–H groups in total. The summed E-state index contributed by atoms with van der Waals surface area (Å²) in [5.74, 6) is 0. The zero-order valence-corrected chi connectivity index (χ0v) is 21.7. The fourth-order valence-electron chi connectivity index (χ4n) is 3.68. The molecule has 150 valence electrons. The largest absolute Gasteiger partial charge is 0.606 e. The molecule has 0 unspecified atom stereocenters. The lowest BCUT2D eigenvalue weighted by atomic mass is 10.3. The molecule has 0 radical (unpaired) electrons. The van der Waals surface area contributed by atoms with Gasteiger partial charge in [-0.05, 0) is 54.4 Å². The minimum absolute atomic E-state index is 0.412. The van der Waals surface area contributed by atoms with Crippen LogP contribution in [0.5, 0.6) is 0 Å². The van der Waals surface area contributed by atoms with Gasteiger partial charge in [0.05, 0.1) is 0 Å². The zero-order chi connectivity index (χ0) is 19.6. The van der Waals surface area contributed by atoms with Crippen LogP contribution in [0.4, 0.5) is 0 Å². The van der Waals surface area contributed by atoms with Crippen LogP contribution in [0.15, 0.2) is 0 Å². The quantitative estimate of drug-likeness (QED) is 0.274. The molecule has 0 heterocycles. The van der Waals surface area contributed by atoms with Gasteiger partial charge in [-0.3, -0.25) is 0 Å². The first kappa shape index (κ1) is 25.6. The predicted molar refractivity (Wildman–Crippen MR) is 121 cm³/mol. The summed E-state index contributed by atoms with van der Waals surface area (Å²) >= 11 is 0. The van der Waals surface area contributed by atoms with Crippen molar-refractivity contribution in [3.05, 3.63) is 0 Å². The van der Waals surface area contributed by atoms with E-state index in [1.54, 1.807) is 0 Å². The van der Waals surface area contributed by atoms with Gasteiger partial charge in [-0.25, -0.2) is 0 Å². The van der Waals surface area contributed by atoms with Gasteiger partial charge in [0, 0.05) is 0 Å². The third-order valence-electron chi connectivity index (χ3n) is 6.84. The first-order valence-electron chi connectivity index (χ1n) is 10.9. The van der Waals surface area contributed by atoms with Gasteiger partial charge in [0.1, 0.15) is 0 Å². The van der Waals surface area contributed by atoms with Crippen molar-refractivity contribution in [1.82, 2.24) is 0 Å². The zero-order valence-electron chi connectivity index (χ0n) is 18.7. The van der Waals surface area contributed by atoms with Gasteiger partial charge < -0.3 is 13.0 Å². The van der Waals surface area contributed by atoms with Gasteiger partial charge in [-0.15, -0.1) is 0 Å². The van der Waals surface area contributed by atoms with Crippen molar-refractivity contribution in [3.63, 3.8) is 0 Å². The fraction of sp³-hybridized carbons (Fsp3) is 1.00. The highest BCUT2D eigenvalue weighted by atomic mass is 28.4. The second kappa shape index (κ2) is 12.1. The van der Waals surface area contributed by atoms with E-state index < -0.39 is 32.3 Å². The average Bonchev–Trinajstić information content (AvgIpc) is 2.68. The molecule has 0 amide bonds. The van der Waals surface area contributed by atoms with Crippen LogP contribution in [0.1, 0.15) is 62.3 Å². The van der Waals surface area contributed by atoms with Crippen LogP contribution in [0.2, 0.25) is 54.4 Å². The smallest absolute Gasteiger partial charge is 0.429 e. The van der Waals surface area contributed by atoms with Crippen molar-refractivity contribution in [1.29, 1.82) is 0 Å². The topological polar surface area (TPSA) is 27.7 Å². The Morgan fingerprint density at radius 2 is 0.560 bits per heavy atom. The van der Waals surface area contributed by atoms with Crippen molar-refractivity contribution in [3.8, 4) is 0 Å². The maximum Gasteiger partial charge on any atom is 0.606 e. The lowest BCUT2D eigenvalue weighted by Gasteiger charge is -2.40. The molecule has 0 saturated heterocycles. The normalized spacial score (nSPS) is 13.3. The van der Waals surface area contributed by atoms with Crippen molar-refractivity contribution >= 4 is 32.3 Å². The number of rotatable bonds is 15. The number of hydrogen-bond donors (Lipinski definition) is 0. The lowest BCUT2D eigenvalue weighted by Crippen LogP contribution is -2.55. The molecule has 0 bridgehead atoms. The highest BCUT2D eigenvalue weighted by molar-refractivity contribution is 6.86. The van der Waals surface area contributed by atoms with E-state index in [1.165, 1.54) is 0 Å². The van der Waals surface area contributed by atoms with Crippen LogP contribution < -0.4 is 0 Å². The van der Waals surface area contributed by atoms with Gasteiger partial charge >= 0.3 is 7.32 Å². The summed E-state index contributed by atoms with van der Waals surface area (Å²) in [5, 5.41) is 0. The Morgan fingerprint density at radius 1 is 0.400 bits per heavy atom. The lowest BCUT2D eigenvalue weighted by molar-refractivity contribution is 0.285. The summed E-state index contributed by atoms with van der Waals surface area (Å²) in [7, 11) is -5.70. The van der Waals surface area contributed by atoms with Gasteiger partial charge in [0.2, 0.25) is 0 Å². The van der Waals surface area contributed by atoms with E-state index >= 15 is 0 Å². The molecular weight excluding hydrogens is 359 g/mol. The Balaban J connectivity index is 5.64. The summed E-state index contributed by atoms with van der Waals surface area (Å²) in [6.07, 6.45) is 0. The number of hydrogen-bond acceptors (Lipinski definition) is 3. The van der Waals surface area contributed by atoms with Crippen LogP contribution in [-0.4, -0.2) is 32.3 Å². The van der Waals surface area contributed by atoms with E-state index in [0.29, 0.717) is 0 Å². The molecule has 0 saturated carbocycles. The Morgan fingerprint density at radius 3 is 0.680 bits per heavy atom. The molecule has 0 aliphatic carbocycles. The van der Waals surface area contributed by atoms with E-state index in [0.717, 1.165) is 54.4 Å². The first-order valence-corrected chi connectivity index (χ1v) is 18.5. The van der Waals surface area contributed by atoms with Crippen molar-refractivity contribution in [2.24, 2.45) is 0 Å². The molecule has 0 aromatic rings. The molecule has 3 nitrogen and oxygen atoms in total. The molecule has 25 heavy (non-hydrogen) atoms. The third-order valence-corrected chi connectivity index (χ3v) is 20.5. The Labute approximate surface area is 162 Å². The molecule has 0 aromatic heterocycles. The van der Waals surface area contributed by atoms with Gasteiger partial charge in [0.15, 0.2) is 25.0 Å². The standard InChI is InChI=1S/C18H45BO3Si3/c1-10-23(11-2,12-3)20-19(21-24(13-4,14-5)15-6)22-25(16-7,17-8)18-9/h10-18H2,1-9H3. The Kier molecular flexibility index (Phi) is 12.4. The molecular formula is C18H45BO3Si3. The van der Waals surface area contributed by atoms with Gasteiger partial charge in [-0.2, -0.15) is 0 Å². The van der Waals surface area contributed by atoms with Crippen LogP contribution in [0, 0.1) is 0 Å². The molecule has 0 spiro atoms. The van der Waals surface area contributed by atoms with Gasteiger partial charge in [-0.1, -0.05) is 62.3 Å². The summed E-state index contributed by atoms with van der Waals surface area (Å²) < 4.78 is 20.3. The maximum absolute atomic E-state index is 6.77. The van der Waals surface area contributed by atoms with E-state index in [2.05, 4.69) is 62.3 Å². The molecule has 0 aliphatic rings. The van der Waals surface area contributed by atoms with E-state index in [1.807, 2.05) is 0 Å². The molecule has 0 atom stereocenters. The molecule has 0 fully saturated rings. The highest BCUT2D eigenvalue weighted by Crippen LogP contribution is 2.31. The van der Waals surface area contributed by atoms with Gasteiger partial charge in [0.25, 0.3) is 0 Å². The summed E-state index contributed by atoms with van der Waals surface area (Å²) in [6.45, 7) is 20.5. The molecule has 7 heteroatoms. The van der Waals surface area contributed by atoms with Crippen molar-refractivity contribution in [2.45, 2.75) is 117 Å². The van der Waals surface area contributed by atoms with E-state index in [4.69, 9.17) is 13.0 Å². The first-order chi connectivity index (χ1) is 11.8. The summed E-state index contributed by atoms with van der Waals surface area (Å²) in [5.41, 5.74) is 0. The van der Waals surface area contributed by atoms with E-state index in [9.17, 15) is 0 Å². The summed E-state index contributed by atoms with van der Waals surface area (Å²) in [6, 6.07) is 10.3. The minimum Gasteiger partial charge on any atom is -0.429 e. The van der Waals surface area contributed by atoms with E-state index in [-0.39, 0.29) is 0 Å².